The molecule has 3 fully saturated rings. The summed E-state index contributed by atoms with van der Waals surface area (Å²) in [5.41, 5.74) is 0. The summed E-state index contributed by atoms with van der Waals surface area (Å²) in [4.78, 5) is 0. The minimum absolute atomic E-state index is 0.0911. The van der Waals surface area contributed by atoms with Gasteiger partial charge in [0.15, 0.2) is 0 Å². The normalized spacial score (nSPS) is 39.4. The lowest BCUT2D eigenvalue weighted by Gasteiger charge is -2.39. The van der Waals surface area contributed by atoms with Crippen LogP contribution in [0.1, 0.15) is 38.5 Å². The Bertz CT molecular complexity index is 468. The Morgan fingerprint density at radius 2 is 1.87 bits per heavy atom. The van der Waals surface area contributed by atoms with Gasteiger partial charge in [-0.3, -0.25) is 0 Å². The van der Waals surface area contributed by atoms with E-state index in [2.05, 4.69) is 10.6 Å². The monoisotopic (exact) mass is 344 g/mol. The largest absolute Gasteiger partial charge is 0.381 e. The molecule has 0 aromatic rings. The van der Waals surface area contributed by atoms with Crippen molar-refractivity contribution in [2.24, 2.45) is 17.8 Å². The lowest BCUT2D eigenvalue weighted by molar-refractivity contribution is 0.173. The molecule has 3 atom stereocenters. The van der Waals surface area contributed by atoms with Crippen LogP contribution in [0.5, 0.6) is 0 Å². The Hall–Kier alpha value is -0.170. The molecular weight excluding hydrogens is 312 g/mol. The summed E-state index contributed by atoms with van der Waals surface area (Å²) in [7, 11) is -2.85. The van der Waals surface area contributed by atoms with Crippen molar-refractivity contribution in [3.8, 4) is 0 Å². The Kier molecular flexibility index (Phi) is 5.99. The molecule has 0 radical (unpaired) electrons. The molecule has 3 rings (SSSR count). The van der Waals surface area contributed by atoms with E-state index in [0.29, 0.717) is 23.8 Å². The van der Waals surface area contributed by atoms with Gasteiger partial charge in [0.05, 0.1) is 11.9 Å². The number of nitrogens with one attached hydrogen (secondary N) is 2. The smallest absolute Gasteiger partial charge is 0.150 e. The quantitative estimate of drug-likeness (QED) is 0.784. The minimum Gasteiger partial charge on any atom is -0.381 e. The molecule has 2 saturated heterocycles. The van der Waals surface area contributed by atoms with Crippen LogP contribution in [0.2, 0.25) is 0 Å². The first kappa shape index (κ1) is 17.6. The number of hydrogen-bond acceptors (Lipinski definition) is 5. The fourth-order valence-electron chi connectivity index (χ4n) is 4.56. The highest BCUT2D eigenvalue weighted by Crippen LogP contribution is 2.35. The zero-order valence-corrected chi connectivity index (χ0v) is 15.1. The Morgan fingerprint density at radius 1 is 1.09 bits per heavy atom. The predicted molar refractivity (Wildman–Crippen MR) is 92.3 cm³/mol. The predicted octanol–water partition coefficient (Wildman–Crippen LogP) is 1.19. The van der Waals surface area contributed by atoms with Gasteiger partial charge in [0, 0.05) is 32.0 Å². The molecule has 1 aliphatic carbocycles. The van der Waals surface area contributed by atoms with Gasteiger partial charge < -0.3 is 15.4 Å². The molecular formula is C17H32N2O3S. The third-order valence-corrected chi connectivity index (χ3v) is 7.78. The highest BCUT2D eigenvalue weighted by molar-refractivity contribution is 7.91. The van der Waals surface area contributed by atoms with Crippen LogP contribution >= 0.6 is 0 Å². The van der Waals surface area contributed by atoms with E-state index in [1.165, 1.54) is 19.1 Å². The molecule has 23 heavy (non-hydrogen) atoms. The molecule has 3 aliphatic rings. The van der Waals surface area contributed by atoms with Crippen molar-refractivity contribution in [3.63, 3.8) is 0 Å². The third kappa shape index (κ3) is 4.91. The molecule has 0 amide bonds. The number of piperidine rings is 1. The lowest BCUT2D eigenvalue weighted by atomic mass is 9.76. The lowest BCUT2D eigenvalue weighted by Crippen LogP contribution is -2.50. The second-order valence-electron chi connectivity index (χ2n) is 7.86. The van der Waals surface area contributed by atoms with Gasteiger partial charge in [0.2, 0.25) is 0 Å². The molecule has 2 aliphatic heterocycles. The zero-order valence-electron chi connectivity index (χ0n) is 14.3. The maximum Gasteiger partial charge on any atom is 0.150 e. The van der Waals surface area contributed by atoms with E-state index in [4.69, 9.17) is 4.74 Å². The Labute approximate surface area is 140 Å². The van der Waals surface area contributed by atoms with Gasteiger partial charge in [-0.05, 0) is 62.8 Å². The first-order chi connectivity index (χ1) is 11.0. The van der Waals surface area contributed by atoms with Crippen LogP contribution in [-0.2, 0) is 14.6 Å². The van der Waals surface area contributed by atoms with E-state index in [1.54, 1.807) is 0 Å². The highest BCUT2D eigenvalue weighted by Gasteiger charge is 2.34. The summed E-state index contributed by atoms with van der Waals surface area (Å²) in [5, 5.41) is 7.22. The summed E-state index contributed by atoms with van der Waals surface area (Å²) >= 11 is 0. The van der Waals surface area contributed by atoms with Crippen LogP contribution in [-0.4, -0.2) is 58.8 Å². The summed E-state index contributed by atoms with van der Waals surface area (Å²) < 4.78 is 28.8. The average molecular weight is 345 g/mol. The van der Waals surface area contributed by atoms with Crippen LogP contribution < -0.4 is 10.6 Å². The number of rotatable bonds is 5. The second-order valence-corrected chi connectivity index (χ2v) is 10.2. The summed E-state index contributed by atoms with van der Waals surface area (Å²) in [6.45, 7) is 5.05. The molecule has 0 bridgehead atoms. The Morgan fingerprint density at radius 3 is 2.52 bits per heavy atom. The number of ether oxygens (including phenoxy) is 1. The second kappa shape index (κ2) is 7.81. The van der Waals surface area contributed by atoms with Gasteiger partial charge in [0.1, 0.15) is 9.84 Å². The van der Waals surface area contributed by atoms with E-state index in [9.17, 15) is 8.42 Å². The van der Waals surface area contributed by atoms with E-state index in [0.717, 1.165) is 58.5 Å². The van der Waals surface area contributed by atoms with Crippen LogP contribution in [0, 0.1) is 17.8 Å². The van der Waals surface area contributed by atoms with Crippen molar-refractivity contribution in [1.29, 1.82) is 0 Å². The van der Waals surface area contributed by atoms with E-state index in [1.807, 2.05) is 0 Å². The fraction of sp³-hybridized carbons (Fsp3) is 1.00. The molecule has 3 unspecified atom stereocenters. The fourth-order valence-corrected chi connectivity index (χ4v) is 5.68. The van der Waals surface area contributed by atoms with Crippen LogP contribution in [0.15, 0.2) is 0 Å². The molecule has 2 N–H and O–H groups in total. The molecule has 0 spiro atoms. The van der Waals surface area contributed by atoms with Gasteiger partial charge in [-0.2, -0.15) is 0 Å². The minimum atomic E-state index is -2.85. The molecule has 1 saturated carbocycles. The van der Waals surface area contributed by atoms with E-state index in [-0.39, 0.29) is 5.25 Å². The maximum absolute atomic E-state index is 11.7. The zero-order chi connectivity index (χ0) is 16.3. The van der Waals surface area contributed by atoms with Gasteiger partial charge >= 0.3 is 0 Å². The summed E-state index contributed by atoms with van der Waals surface area (Å²) in [6, 6.07) is 0.557. The van der Waals surface area contributed by atoms with Crippen molar-refractivity contribution in [3.05, 3.63) is 0 Å². The van der Waals surface area contributed by atoms with Crippen molar-refractivity contribution in [2.45, 2.75) is 49.8 Å². The standard InChI is InChI=1S/C17H32N2O3S/c1-23(20,21)17-4-2-14(3-5-17)15-8-16(11-18-10-15)19-9-13-6-7-22-12-13/h13-19H,2-12H2,1H3. The highest BCUT2D eigenvalue weighted by atomic mass is 32.2. The first-order valence-electron chi connectivity index (χ1n) is 9.23. The van der Waals surface area contributed by atoms with E-state index >= 15 is 0 Å². The van der Waals surface area contributed by atoms with Crippen molar-refractivity contribution in [2.75, 3.05) is 39.1 Å². The average Bonchev–Trinajstić information content (AvgIpc) is 3.06. The van der Waals surface area contributed by atoms with Gasteiger partial charge in [0.25, 0.3) is 0 Å². The third-order valence-electron chi connectivity index (χ3n) is 6.09. The van der Waals surface area contributed by atoms with E-state index < -0.39 is 9.84 Å². The van der Waals surface area contributed by atoms with Gasteiger partial charge in [-0.25, -0.2) is 8.42 Å². The summed E-state index contributed by atoms with van der Waals surface area (Å²) in [6.07, 6.45) is 7.68. The molecule has 2 heterocycles. The van der Waals surface area contributed by atoms with Crippen LogP contribution in [0.25, 0.3) is 0 Å². The summed E-state index contributed by atoms with van der Waals surface area (Å²) in [5.74, 6) is 2.07. The van der Waals surface area contributed by atoms with Gasteiger partial charge in [-0.1, -0.05) is 0 Å². The molecule has 0 aromatic carbocycles. The van der Waals surface area contributed by atoms with Crippen molar-refractivity contribution >= 4 is 9.84 Å². The van der Waals surface area contributed by atoms with Crippen molar-refractivity contribution < 1.29 is 13.2 Å². The van der Waals surface area contributed by atoms with Crippen molar-refractivity contribution in [1.82, 2.24) is 10.6 Å². The number of hydrogen-bond donors (Lipinski definition) is 2. The first-order valence-corrected chi connectivity index (χ1v) is 11.2. The maximum atomic E-state index is 11.7. The van der Waals surface area contributed by atoms with Crippen LogP contribution in [0.3, 0.4) is 0 Å². The Balaban J connectivity index is 1.43. The SMILES string of the molecule is CS(=O)(=O)C1CCC(C2CNCC(NCC3CCOC3)C2)CC1. The topological polar surface area (TPSA) is 67.4 Å². The van der Waals surface area contributed by atoms with Gasteiger partial charge in [-0.15, -0.1) is 0 Å². The molecule has 5 nitrogen and oxygen atoms in total. The molecule has 6 heteroatoms. The van der Waals surface area contributed by atoms with Crippen LogP contribution in [0.4, 0.5) is 0 Å². The molecule has 134 valence electrons. The molecule has 0 aromatic heterocycles. The number of sulfone groups is 1.